The maximum atomic E-state index is 13.7. The summed E-state index contributed by atoms with van der Waals surface area (Å²) in [7, 11) is -4.09. The molecule has 3 rings (SSSR count). The summed E-state index contributed by atoms with van der Waals surface area (Å²) in [6, 6.07) is 3.77. The van der Waals surface area contributed by atoms with Gasteiger partial charge in [0.15, 0.2) is 0 Å². The lowest BCUT2D eigenvalue weighted by atomic mass is 9.98. The van der Waals surface area contributed by atoms with E-state index in [2.05, 4.69) is 10.5 Å². The first kappa shape index (κ1) is 27.1. The number of benzene rings is 1. The molecule has 1 N–H and O–H groups in total. The number of nitrogens with one attached hydrogen (secondary N) is 1. The molecule has 2 aliphatic rings. The SMILES string of the molecule is CCN(CC)C(=O)C1CCCN(S(=O)(=O)c2cc([N+](=O)[O-])ccc2NN=C2CCCCCCC2)C1. The van der Waals surface area contributed by atoms with Crippen molar-refractivity contribution in [2.45, 2.75) is 76.5 Å². The molecule has 1 atom stereocenters. The molecule has 35 heavy (non-hydrogen) atoms. The fourth-order valence-electron chi connectivity index (χ4n) is 4.79. The molecular weight excluding hydrogens is 470 g/mol. The number of nitrogens with zero attached hydrogens (tertiary/aromatic N) is 4. The number of sulfonamides is 1. The lowest BCUT2D eigenvalue weighted by molar-refractivity contribution is -0.385. The third kappa shape index (κ3) is 6.78. The first-order chi connectivity index (χ1) is 16.8. The van der Waals surface area contributed by atoms with Gasteiger partial charge in [0.2, 0.25) is 15.9 Å². The van der Waals surface area contributed by atoms with Gasteiger partial charge in [-0.3, -0.25) is 20.3 Å². The standard InChI is InChI=1S/C24H37N5O5S/c1-3-27(4-2)24(30)19-11-10-16-28(18-19)35(33,34)23-17-21(29(31)32)14-15-22(23)26-25-20-12-8-6-5-7-9-13-20/h14-15,17,19,26H,3-13,16,18H2,1-2H3. The van der Waals surface area contributed by atoms with Gasteiger partial charge in [-0.15, -0.1) is 0 Å². The number of anilines is 1. The highest BCUT2D eigenvalue weighted by Crippen LogP contribution is 2.32. The van der Waals surface area contributed by atoms with Gasteiger partial charge in [0.25, 0.3) is 5.69 Å². The summed E-state index contributed by atoms with van der Waals surface area (Å²) < 4.78 is 28.7. The zero-order chi connectivity index (χ0) is 25.4. The summed E-state index contributed by atoms with van der Waals surface area (Å²) >= 11 is 0. The Morgan fingerprint density at radius 2 is 1.80 bits per heavy atom. The molecule has 1 heterocycles. The first-order valence-corrected chi connectivity index (χ1v) is 14.1. The summed E-state index contributed by atoms with van der Waals surface area (Å²) in [5, 5.41) is 15.9. The van der Waals surface area contributed by atoms with Crippen LogP contribution in [0.5, 0.6) is 0 Å². The van der Waals surface area contributed by atoms with E-state index in [1.165, 1.54) is 22.9 Å². The summed E-state index contributed by atoms with van der Waals surface area (Å²) in [5.74, 6) is -0.480. The highest BCUT2D eigenvalue weighted by atomic mass is 32.2. The van der Waals surface area contributed by atoms with Crippen LogP contribution in [0.1, 0.15) is 71.6 Å². The van der Waals surface area contributed by atoms with E-state index in [0.717, 1.165) is 50.3 Å². The molecule has 1 amide bonds. The van der Waals surface area contributed by atoms with E-state index in [1.807, 2.05) is 13.8 Å². The molecule has 1 aliphatic heterocycles. The van der Waals surface area contributed by atoms with Gasteiger partial charge in [0.05, 0.1) is 16.5 Å². The number of amides is 1. The minimum Gasteiger partial charge on any atom is -0.343 e. The van der Waals surface area contributed by atoms with Crippen LogP contribution >= 0.6 is 0 Å². The predicted molar refractivity (Wildman–Crippen MR) is 136 cm³/mol. The number of rotatable bonds is 8. The predicted octanol–water partition coefficient (Wildman–Crippen LogP) is 4.38. The first-order valence-electron chi connectivity index (χ1n) is 12.7. The van der Waals surface area contributed by atoms with Crippen molar-refractivity contribution in [3.63, 3.8) is 0 Å². The number of piperidine rings is 1. The van der Waals surface area contributed by atoms with Gasteiger partial charge in [-0.05, 0) is 58.4 Å². The third-order valence-corrected chi connectivity index (χ3v) is 8.77. The largest absolute Gasteiger partial charge is 0.343 e. The fourth-order valence-corrected chi connectivity index (χ4v) is 6.47. The molecule has 1 saturated carbocycles. The molecule has 0 aromatic heterocycles. The van der Waals surface area contributed by atoms with Crippen molar-refractivity contribution in [2.24, 2.45) is 11.0 Å². The summed E-state index contributed by atoms with van der Waals surface area (Å²) in [5.41, 5.74) is 3.78. The Morgan fingerprint density at radius 1 is 1.14 bits per heavy atom. The van der Waals surface area contributed by atoms with Crippen molar-refractivity contribution in [3.05, 3.63) is 28.3 Å². The van der Waals surface area contributed by atoms with Crippen LogP contribution in [0.3, 0.4) is 0 Å². The fraction of sp³-hybridized carbons (Fsp3) is 0.667. The molecule has 1 unspecified atom stereocenters. The lowest BCUT2D eigenvalue weighted by Gasteiger charge is -2.34. The van der Waals surface area contributed by atoms with Crippen LogP contribution in [0, 0.1) is 16.0 Å². The topological polar surface area (TPSA) is 125 Å². The molecule has 1 aromatic rings. The number of hydrogen-bond acceptors (Lipinski definition) is 7. The van der Waals surface area contributed by atoms with E-state index in [9.17, 15) is 23.3 Å². The lowest BCUT2D eigenvalue weighted by Crippen LogP contribution is -2.46. The van der Waals surface area contributed by atoms with Gasteiger partial charge < -0.3 is 4.90 Å². The van der Waals surface area contributed by atoms with Gasteiger partial charge in [-0.2, -0.15) is 9.41 Å². The Balaban J connectivity index is 1.89. The summed E-state index contributed by atoms with van der Waals surface area (Å²) in [4.78, 5) is 25.2. The van der Waals surface area contributed by atoms with Crippen molar-refractivity contribution in [3.8, 4) is 0 Å². The molecule has 2 fully saturated rings. The molecule has 1 aliphatic carbocycles. The van der Waals surface area contributed by atoms with Crippen LogP contribution in [0.4, 0.5) is 11.4 Å². The van der Waals surface area contributed by atoms with Crippen LogP contribution in [-0.2, 0) is 14.8 Å². The molecular formula is C24H37N5O5S. The van der Waals surface area contributed by atoms with Crippen LogP contribution in [0.15, 0.2) is 28.2 Å². The Kier molecular flexibility index (Phi) is 9.62. The number of carbonyl (C=O) groups is 1. The molecule has 1 saturated heterocycles. The molecule has 0 bridgehead atoms. The van der Waals surface area contributed by atoms with E-state index in [4.69, 9.17) is 0 Å². The molecule has 194 valence electrons. The Bertz CT molecular complexity index is 1030. The van der Waals surface area contributed by atoms with Crippen molar-refractivity contribution >= 4 is 33.0 Å². The van der Waals surface area contributed by atoms with Gasteiger partial charge in [0.1, 0.15) is 4.90 Å². The van der Waals surface area contributed by atoms with E-state index in [1.54, 1.807) is 4.90 Å². The van der Waals surface area contributed by atoms with Crippen molar-refractivity contribution in [1.82, 2.24) is 9.21 Å². The summed E-state index contributed by atoms with van der Waals surface area (Å²) in [6.07, 6.45) is 8.48. The van der Waals surface area contributed by atoms with Gasteiger partial charge in [-0.1, -0.05) is 19.3 Å². The van der Waals surface area contributed by atoms with Crippen molar-refractivity contribution < 1.29 is 18.1 Å². The molecule has 1 aromatic carbocycles. The zero-order valence-electron chi connectivity index (χ0n) is 20.7. The second-order valence-electron chi connectivity index (χ2n) is 9.21. The van der Waals surface area contributed by atoms with Crippen molar-refractivity contribution in [1.29, 1.82) is 0 Å². The van der Waals surface area contributed by atoms with Gasteiger partial charge in [-0.25, -0.2) is 8.42 Å². The van der Waals surface area contributed by atoms with Gasteiger partial charge in [0, 0.05) is 44.0 Å². The van der Waals surface area contributed by atoms with E-state index in [0.29, 0.717) is 25.9 Å². The minimum absolute atomic E-state index is 0.0528. The van der Waals surface area contributed by atoms with Crippen LogP contribution in [0.2, 0.25) is 0 Å². The summed E-state index contributed by atoms with van der Waals surface area (Å²) in [6.45, 7) is 5.26. The van der Waals surface area contributed by atoms with E-state index >= 15 is 0 Å². The second kappa shape index (κ2) is 12.4. The number of hydrogen-bond donors (Lipinski definition) is 1. The number of nitro benzene ring substituents is 1. The molecule has 10 nitrogen and oxygen atoms in total. The number of non-ortho nitro benzene ring substituents is 1. The monoisotopic (exact) mass is 507 g/mol. The van der Waals surface area contributed by atoms with Gasteiger partial charge >= 0.3 is 0 Å². The normalized spacial score (nSPS) is 19.9. The van der Waals surface area contributed by atoms with Crippen LogP contribution in [0.25, 0.3) is 0 Å². The third-order valence-electron chi connectivity index (χ3n) is 6.87. The number of hydrazone groups is 1. The highest BCUT2D eigenvalue weighted by Gasteiger charge is 2.36. The van der Waals surface area contributed by atoms with Crippen molar-refractivity contribution in [2.75, 3.05) is 31.6 Å². The zero-order valence-corrected chi connectivity index (χ0v) is 21.6. The highest BCUT2D eigenvalue weighted by molar-refractivity contribution is 7.89. The van der Waals surface area contributed by atoms with E-state index in [-0.39, 0.29) is 35.3 Å². The Labute approximate surface area is 207 Å². The molecule has 11 heteroatoms. The average molecular weight is 508 g/mol. The number of nitro groups is 1. The number of carbonyl (C=O) groups excluding carboxylic acids is 1. The second-order valence-corrected chi connectivity index (χ2v) is 11.1. The van der Waals surface area contributed by atoms with Crippen LogP contribution in [-0.4, -0.2) is 60.3 Å². The molecule has 0 spiro atoms. The molecule has 0 radical (unpaired) electrons. The Morgan fingerprint density at radius 3 is 2.43 bits per heavy atom. The maximum Gasteiger partial charge on any atom is 0.270 e. The average Bonchev–Trinajstić information content (AvgIpc) is 2.84. The maximum absolute atomic E-state index is 13.7. The van der Waals surface area contributed by atoms with Crippen LogP contribution < -0.4 is 5.43 Å². The van der Waals surface area contributed by atoms with E-state index < -0.39 is 20.9 Å². The minimum atomic E-state index is -4.09. The smallest absolute Gasteiger partial charge is 0.270 e. The quantitative estimate of drug-likeness (QED) is 0.411. The Hall–Kier alpha value is -2.53.